The molecule has 1 rings (SSSR count). The molecule has 0 aromatic heterocycles. The van der Waals surface area contributed by atoms with Crippen molar-refractivity contribution < 1.29 is 28.6 Å². The average molecular weight is 377 g/mol. The molecule has 1 N–H and O–H groups in total. The molecule has 0 fully saturated rings. The molecular weight excluding hydrogens is 350 g/mol. The van der Waals surface area contributed by atoms with Crippen LogP contribution in [0.3, 0.4) is 0 Å². The zero-order valence-corrected chi connectivity index (χ0v) is 16.3. The molecule has 0 radical (unpaired) electrons. The van der Waals surface area contributed by atoms with Crippen LogP contribution < -0.4 is 5.32 Å². The topological polar surface area (TPSA) is 90.9 Å². The molecule has 7 heteroatoms. The van der Waals surface area contributed by atoms with Crippen molar-refractivity contribution in [1.29, 1.82) is 0 Å². The lowest BCUT2D eigenvalue weighted by molar-refractivity contribution is -0.141. The number of hydrogen-bond donors (Lipinski definition) is 1. The standard InChI is InChI=1S/C20H27NO6/c1-5-8-12-16(19(23)26-6-2)17(20(24)27-7-3)21-15-11-9-10-14(13-15)18(22)25-4/h9-11,13,21H,5-8,12H2,1-4H3. The van der Waals surface area contributed by atoms with Gasteiger partial charge < -0.3 is 19.5 Å². The first-order chi connectivity index (χ1) is 13.0. The van der Waals surface area contributed by atoms with E-state index in [9.17, 15) is 14.4 Å². The van der Waals surface area contributed by atoms with E-state index >= 15 is 0 Å². The second-order valence-electron chi connectivity index (χ2n) is 5.60. The fourth-order valence-corrected chi connectivity index (χ4v) is 2.34. The molecule has 0 amide bonds. The molecule has 0 bridgehead atoms. The number of carbonyl (C=O) groups excluding carboxylic acids is 3. The van der Waals surface area contributed by atoms with E-state index in [1.54, 1.807) is 32.0 Å². The summed E-state index contributed by atoms with van der Waals surface area (Å²) in [7, 11) is 1.29. The van der Waals surface area contributed by atoms with Crippen molar-refractivity contribution in [3.63, 3.8) is 0 Å². The highest BCUT2D eigenvalue weighted by atomic mass is 16.5. The van der Waals surface area contributed by atoms with Gasteiger partial charge in [-0.05, 0) is 44.9 Å². The Bertz CT molecular complexity index is 695. The minimum absolute atomic E-state index is 0.0192. The summed E-state index contributed by atoms with van der Waals surface area (Å²) in [6.45, 7) is 5.73. The third-order valence-corrected chi connectivity index (χ3v) is 3.64. The Labute approximate surface area is 159 Å². The van der Waals surface area contributed by atoms with E-state index in [2.05, 4.69) is 5.32 Å². The van der Waals surface area contributed by atoms with Crippen molar-refractivity contribution in [2.75, 3.05) is 25.6 Å². The van der Waals surface area contributed by atoms with Gasteiger partial charge in [-0.25, -0.2) is 14.4 Å². The molecular formula is C20H27NO6. The van der Waals surface area contributed by atoms with Crippen molar-refractivity contribution in [3.8, 4) is 0 Å². The molecule has 0 heterocycles. The van der Waals surface area contributed by atoms with Crippen LogP contribution in [0.1, 0.15) is 50.4 Å². The summed E-state index contributed by atoms with van der Waals surface area (Å²) >= 11 is 0. The first-order valence-electron chi connectivity index (χ1n) is 9.01. The maximum atomic E-state index is 12.5. The number of nitrogens with one attached hydrogen (secondary N) is 1. The number of esters is 3. The fraction of sp³-hybridized carbons (Fsp3) is 0.450. The summed E-state index contributed by atoms with van der Waals surface area (Å²) in [5.41, 5.74) is 1.02. The van der Waals surface area contributed by atoms with Gasteiger partial charge in [-0.2, -0.15) is 0 Å². The SMILES string of the molecule is CCCCC(C(=O)OCC)=C(Nc1cccc(C(=O)OC)c1)C(=O)OCC. The fourth-order valence-electron chi connectivity index (χ4n) is 2.34. The highest BCUT2D eigenvalue weighted by molar-refractivity contribution is 6.02. The van der Waals surface area contributed by atoms with E-state index in [1.807, 2.05) is 6.92 Å². The molecule has 0 aliphatic heterocycles. The monoisotopic (exact) mass is 377 g/mol. The summed E-state index contributed by atoms with van der Waals surface area (Å²) < 4.78 is 14.9. The second kappa shape index (κ2) is 11.7. The van der Waals surface area contributed by atoms with E-state index in [1.165, 1.54) is 13.2 Å². The minimum Gasteiger partial charge on any atom is -0.465 e. The summed E-state index contributed by atoms with van der Waals surface area (Å²) in [6, 6.07) is 6.45. The van der Waals surface area contributed by atoms with Crippen molar-refractivity contribution in [2.24, 2.45) is 0 Å². The van der Waals surface area contributed by atoms with Crippen LogP contribution in [0.25, 0.3) is 0 Å². The van der Waals surface area contributed by atoms with E-state index < -0.39 is 17.9 Å². The predicted molar refractivity (Wildman–Crippen MR) is 101 cm³/mol. The lowest BCUT2D eigenvalue weighted by Crippen LogP contribution is -2.22. The van der Waals surface area contributed by atoms with Crippen molar-refractivity contribution >= 4 is 23.6 Å². The van der Waals surface area contributed by atoms with Crippen molar-refractivity contribution in [2.45, 2.75) is 40.0 Å². The van der Waals surface area contributed by atoms with E-state index in [0.29, 0.717) is 24.1 Å². The smallest absolute Gasteiger partial charge is 0.355 e. The summed E-state index contributed by atoms with van der Waals surface area (Å²) in [5.74, 6) is -1.72. The van der Waals surface area contributed by atoms with E-state index in [4.69, 9.17) is 14.2 Å². The number of unbranched alkanes of at least 4 members (excludes halogenated alkanes) is 1. The molecule has 0 unspecified atom stereocenters. The molecule has 1 aromatic rings. The highest BCUT2D eigenvalue weighted by Gasteiger charge is 2.23. The van der Waals surface area contributed by atoms with Crippen molar-refractivity contribution in [1.82, 2.24) is 0 Å². The molecule has 7 nitrogen and oxygen atoms in total. The Morgan fingerprint density at radius 1 is 1.00 bits per heavy atom. The maximum Gasteiger partial charge on any atom is 0.355 e. The van der Waals surface area contributed by atoms with Gasteiger partial charge in [0.2, 0.25) is 0 Å². The zero-order valence-electron chi connectivity index (χ0n) is 16.3. The van der Waals surface area contributed by atoms with Gasteiger partial charge >= 0.3 is 17.9 Å². The average Bonchev–Trinajstić information content (AvgIpc) is 2.67. The van der Waals surface area contributed by atoms with Crippen molar-refractivity contribution in [3.05, 3.63) is 41.1 Å². The number of carbonyl (C=O) groups is 3. The van der Waals surface area contributed by atoms with Gasteiger partial charge in [0, 0.05) is 5.69 Å². The Hall–Kier alpha value is -2.83. The van der Waals surface area contributed by atoms with Crippen LogP contribution in [0.5, 0.6) is 0 Å². The third-order valence-electron chi connectivity index (χ3n) is 3.64. The number of ether oxygens (including phenoxy) is 3. The van der Waals surface area contributed by atoms with Crippen LogP contribution >= 0.6 is 0 Å². The zero-order chi connectivity index (χ0) is 20.2. The Balaban J connectivity index is 3.34. The third kappa shape index (κ3) is 6.77. The summed E-state index contributed by atoms with van der Waals surface area (Å²) in [4.78, 5) is 36.6. The first kappa shape index (κ1) is 22.2. The largest absolute Gasteiger partial charge is 0.465 e. The van der Waals surface area contributed by atoms with Crippen LogP contribution in [-0.2, 0) is 23.8 Å². The van der Waals surface area contributed by atoms with E-state index in [0.717, 1.165) is 6.42 Å². The number of methoxy groups -OCH3 is 1. The lowest BCUT2D eigenvalue weighted by Gasteiger charge is -2.16. The summed E-state index contributed by atoms with van der Waals surface area (Å²) in [6.07, 6.45) is 1.92. The van der Waals surface area contributed by atoms with Crippen LogP contribution in [0.15, 0.2) is 35.5 Å². The molecule has 0 aliphatic carbocycles. The van der Waals surface area contributed by atoms with E-state index in [-0.39, 0.29) is 24.5 Å². The normalized spacial score (nSPS) is 11.3. The van der Waals surface area contributed by atoms with Crippen LogP contribution in [0.2, 0.25) is 0 Å². The van der Waals surface area contributed by atoms with Gasteiger partial charge in [0.15, 0.2) is 0 Å². The molecule has 0 atom stereocenters. The van der Waals surface area contributed by atoms with Crippen LogP contribution in [0.4, 0.5) is 5.69 Å². The van der Waals surface area contributed by atoms with Gasteiger partial charge in [-0.1, -0.05) is 19.4 Å². The van der Waals surface area contributed by atoms with Gasteiger partial charge in [-0.15, -0.1) is 0 Å². The Kier molecular flexibility index (Phi) is 9.64. The second-order valence-corrected chi connectivity index (χ2v) is 5.60. The summed E-state index contributed by atoms with van der Waals surface area (Å²) in [5, 5.41) is 2.93. The Morgan fingerprint density at radius 3 is 2.26 bits per heavy atom. The molecule has 0 aliphatic rings. The molecule has 1 aromatic carbocycles. The number of benzene rings is 1. The number of anilines is 1. The van der Waals surface area contributed by atoms with Crippen LogP contribution in [-0.4, -0.2) is 38.2 Å². The predicted octanol–water partition coefficient (Wildman–Crippen LogP) is 3.46. The number of hydrogen-bond acceptors (Lipinski definition) is 7. The minimum atomic E-state index is -0.653. The van der Waals surface area contributed by atoms with Gasteiger partial charge in [0.25, 0.3) is 0 Å². The molecule has 0 spiro atoms. The Morgan fingerprint density at radius 2 is 1.67 bits per heavy atom. The highest BCUT2D eigenvalue weighted by Crippen LogP contribution is 2.21. The van der Waals surface area contributed by atoms with Gasteiger partial charge in [0.1, 0.15) is 5.70 Å². The lowest BCUT2D eigenvalue weighted by atomic mass is 10.1. The van der Waals surface area contributed by atoms with Gasteiger partial charge in [-0.3, -0.25) is 0 Å². The molecule has 27 heavy (non-hydrogen) atoms. The quantitative estimate of drug-likeness (QED) is 0.379. The maximum absolute atomic E-state index is 12.5. The number of rotatable bonds is 10. The van der Waals surface area contributed by atoms with Gasteiger partial charge in [0.05, 0.1) is 31.5 Å². The first-order valence-corrected chi connectivity index (χ1v) is 9.01. The molecule has 148 valence electrons. The molecule has 0 saturated carbocycles. The molecule has 0 saturated heterocycles. The van der Waals surface area contributed by atoms with Crippen LogP contribution in [0, 0.1) is 0 Å².